The maximum absolute atomic E-state index is 6.19. The Bertz CT molecular complexity index is 451. The maximum Gasteiger partial charge on any atom is 0.0559 e. The third-order valence-corrected chi connectivity index (χ3v) is 3.49. The molecule has 1 atom stereocenters. The van der Waals surface area contributed by atoms with Crippen molar-refractivity contribution in [1.82, 2.24) is 0 Å². The van der Waals surface area contributed by atoms with Crippen molar-refractivity contribution in [3.8, 4) is 0 Å². The van der Waals surface area contributed by atoms with Crippen molar-refractivity contribution in [3.05, 3.63) is 57.3 Å². The minimum absolute atomic E-state index is 0. The summed E-state index contributed by atoms with van der Waals surface area (Å²) < 4.78 is 0. The van der Waals surface area contributed by atoms with Gasteiger partial charge in [-0.05, 0) is 52.9 Å². The van der Waals surface area contributed by atoms with Crippen molar-refractivity contribution in [1.29, 1.82) is 0 Å². The summed E-state index contributed by atoms with van der Waals surface area (Å²) in [5.41, 5.74) is 11.2. The number of thiophene rings is 1. The van der Waals surface area contributed by atoms with Crippen molar-refractivity contribution < 1.29 is 0 Å². The van der Waals surface area contributed by atoms with E-state index in [1.807, 2.05) is 0 Å². The second-order valence-electron chi connectivity index (χ2n) is 3.88. The van der Waals surface area contributed by atoms with Crippen LogP contribution >= 0.6 is 23.7 Å². The lowest BCUT2D eigenvalue weighted by molar-refractivity contribution is 0.874. The molecule has 1 heterocycles. The van der Waals surface area contributed by atoms with Crippen LogP contribution in [0.3, 0.4) is 0 Å². The number of aryl methyl sites for hydroxylation is 2. The Balaban J connectivity index is 0.00000128. The molecule has 2 N–H and O–H groups in total. The third kappa shape index (κ3) is 2.64. The van der Waals surface area contributed by atoms with Crippen LogP contribution in [-0.4, -0.2) is 0 Å². The topological polar surface area (TPSA) is 26.0 Å². The summed E-state index contributed by atoms with van der Waals surface area (Å²) in [7, 11) is 0. The first kappa shape index (κ1) is 13.2. The van der Waals surface area contributed by atoms with E-state index in [1.54, 1.807) is 11.3 Å². The standard InChI is InChI=1S/C13H15NS.ClH/c1-9-3-4-11(7-10(9)2)13(14)12-5-6-15-8-12;/h3-8,13H,14H2,1-2H3;1H/t13-;/m1./s1. The quantitative estimate of drug-likeness (QED) is 0.865. The monoisotopic (exact) mass is 253 g/mol. The predicted molar refractivity (Wildman–Crippen MR) is 73.5 cm³/mol. The van der Waals surface area contributed by atoms with Crippen molar-refractivity contribution in [2.24, 2.45) is 5.73 Å². The average Bonchev–Trinajstić information content (AvgIpc) is 2.74. The van der Waals surface area contributed by atoms with Crippen LogP contribution in [0.5, 0.6) is 0 Å². The fourth-order valence-corrected chi connectivity index (χ4v) is 2.30. The van der Waals surface area contributed by atoms with Gasteiger partial charge in [0.2, 0.25) is 0 Å². The second kappa shape index (κ2) is 5.48. The van der Waals surface area contributed by atoms with Crippen LogP contribution in [0.25, 0.3) is 0 Å². The Morgan fingerprint density at radius 3 is 2.38 bits per heavy atom. The van der Waals surface area contributed by atoms with E-state index in [-0.39, 0.29) is 18.4 Å². The Morgan fingerprint density at radius 1 is 1.06 bits per heavy atom. The van der Waals surface area contributed by atoms with Crippen molar-refractivity contribution >= 4 is 23.7 Å². The fourth-order valence-electron chi connectivity index (χ4n) is 1.60. The van der Waals surface area contributed by atoms with Crippen molar-refractivity contribution in [2.45, 2.75) is 19.9 Å². The smallest absolute Gasteiger partial charge is 0.0559 e. The van der Waals surface area contributed by atoms with Crippen LogP contribution in [0.1, 0.15) is 28.3 Å². The van der Waals surface area contributed by atoms with E-state index in [9.17, 15) is 0 Å². The maximum atomic E-state index is 6.19. The van der Waals surface area contributed by atoms with E-state index in [0.29, 0.717) is 0 Å². The van der Waals surface area contributed by atoms with Gasteiger partial charge in [-0.15, -0.1) is 12.4 Å². The van der Waals surface area contributed by atoms with Crippen molar-refractivity contribution in [2.75, 3.05) is 0 Å². The molecular weight excluding hydrogens is 238 g/mol. The average molecular weight is 254 g/mol. The highest BCUT2D eigenvalue weighted by Gasteiger charge is 2.09. The number of halogens is 1. The predicted octanol–water partition coefficient (Wildman–Crippen LogP) is 3.83. The lowest BCUT2D eigenvalue weighted by Gasteiger charge is -2.12. The molecule has 0 aliphatic heterocycles. The molecule has 2 rings (SSSR count). The molecule has 2 aromatic rings. The SMILES string of the molecule is Cc1ccc([C@@H](N)c2ccsc2)cc1C.Cl. The molecule has 0 unspecified atom stereocenters. The number of nitrogens with two attached hydrogens (primary N) is 1. The van der Waals surface area contributed by atoms with Gasteiger partial charge in [-0.1, -0.05) is 18.2 Å². The summed E-state index contributed by atoms with van der Waals surface area (Å²) in [6, 6.07) is 8.53. The van der Waals surface area contributed by atoms with Crippen molar-refractivity contribution in [3.63, 3.8) is 0 Å². The summed E-state index contributed by atoms with van der Waals surface area (Å²) in [6.45, 7) is 4.24. The van der Waals surface area contributed by atoms with Gasteiger partial charge >= 0.3 is 0 Å². The van der Waals surface area contributed by atoms with Crippen LogP contribution < -0.4 is 5.73 Å². The Hall–Kier alpha value is -0.830. The molecule has 16 heavy (non-hydrogen) atoms. The lowest BCUT2D eigenvalue weighted by Crippen LogP contribution is -2.11. The fraction of sp³-hybridized carbons (Fsp3) is 0.231. The first-order chi connectivity index (χ1) is 7.18. The van der Waals surface area contributed by atoms with Gasteiger partial charge in [0.1, 0.15) is 0 Å². The molecule has 0 aliphatic carbocycles. The van der Waals surface area contributed by atoms with E-state index < -0.39 is 0 Å². The highest BCUT2D eigenvalue weighted by molar-refractivity contribution is 7.08. The largest absolute Gasteiger partial charge is 0.320 e. The van der Waals surface area contributed by atoms with Gasteiger partial charge in [-0.2, -0.15) is 11.3 Å². The molecule has 0 amide bonds. The normalized spacial score (nSPS) is 11.9. The zero-order valence-electron chi connectivity index (χ0n) is 9.44. The third-order valence-electron chi connectivity index (χ3n) is 2.79. The summed E-state index contributed by atoms with van der Waals surface area (Å²) >= 11 is 1.69. The Kier molecular flexibility index (Phi) is 4.54. The summed E-state index contributed by atoms with van der Waals surface area (Å²) in [5, 5.41) is 4.18. The molecule has 86 valence electrons. The second-order valence-corrected chi connectivity index (χ2v) is 4.66. The molecule has 0 aliphatic rings. The Morgan fingerprint density at radius 2 is 1.81 bits per heavy atom. The molecule has 0 saturated carbocycles. The van der Waals surface area contributed by atoms with Crippen LogP contribution in [0.4, 0.5) is 0 Å². The first-order valence-electron chi connectivity index (χ1n) is 5.03. The minimum Gasteiger partial charge on any atom is -0.320 e. The molecule has 3 heteroatoms. The summed E-state index contributed by atoms with van der Waals surface area (Å²) in [5.74, 6) is 0. The van der Waals surface area contributed by atoms with Crippen LogP contribution in [0.15, 0.2) is 35.0 Å². The van der Waals surface area contributed by atoms with Crippen LogP contribution in [0.2, 0.25) is 0 Å². The number of hydrogen-bond acceptors (Lipinski definition) is 2. The highest BCUT2D eigenvalue weighted by atomic mass is 35.5. The molecule has 0 bridgehead atoms. The van der Waals surface area contributed by atoms with Gasteiger partial charge in [-0.25, -0.2) is 0 Å². The van der Waals surface area contributed by atoms with E-state index in [0.717, 1.165) is 0 Å². The molecule has 0 radical (unpaired) electrons. The summed E-state index contributed by atoms with van der Waals surface area (Å²) in [4.78, 5) is 0. The first-order valence-corrected chi connectivity index (χ1v) is 5.97. The lowest BCUT2D eigenvalue weighted by atomic mass is 9.98. The zero-order valence-corrected chi connectivity index (χ0v) is 11.1. The van der Waals surface area contributed by atoms with Gasteiger partial charge in [0.25, 0.3) is 0 Å². The zero-order chi connectivity index (χ0) is 10.8. The van der Waals surface area contributed by atoms with Crippen LogP contribution in [-0.2, 0) is 0 Å². The molecule has 1 aromatic carbocycles. The molecule has 0 spiro atoms. The molecule has 0 saturated heterocycles. The number of benzene rings is 1. The number of hydrogen-bond donors (Lipinski definition) is 1. The van der Waals surface area contributed by atoms with E-state index in [2.05, 4.69) is 48.9 Å². The van der Waals surface area contributed by atoms with Gasteiger partial charge in [-0.3, -0.25) is 0 Å². The van der Waals surface area contributed by atoms with Gasteiger partial charge < -0.3 is 5.73 Å². The van der Waals surface area contributed by atoms with E-state index in [4.69, 9.17) is 5.73 Å². The van der Waals surface area contributed by atoms with Gasteiger partial charge in [0, 0.05) is 0 Å². The highest BCUT2D eigenvalue weighted by Crippen LogP contribution is 2.23. The minimum atomic E-state index is 0. The van der Waals surface area contributed by atoms with E-state index >= 15 is 0 Å². The molecular formula is C13H16ClNS. The van der Waals surface area contributed by atoms with E-state index in [1.165, 1.54) is 22.3 Å². The molecule has 1 nitrogen and oxygen atoms in total. The molecule has 1 aromatic heterocycles. The van der Waals surface area contributed by atoms with Gasteiger partial charge in [0.05, 0.1) is 6.04 Å². The summed E-state index contributed by atoms with van der Waals surface area (Å²) in [6.07, 6.45) is 0. The Labute approximate surface area is 107 Å². The molecule has 0 fully saturated rings. The van der Waals surface area contributed by atoms with Crippen LogP contribution in [0, 0.1) is 13.8 Å². The van der Waals surface area contributed by atoms with Gasteiger partial charge in [0.15, 0.2) is 0 Å². The number of rotatable bonds is 2.